The van der Waals surface area contributed by atoms with Crippen molar-refractivity contribution >= 4 is 21.8 Å². The number of hydrogen-bond donors (Lipinski definition) is 1. The second-order valence-corrected chi connectivity index (χ2v) is 9.09. The van der Waals surface area contributed by atoms with Crippen molar-refractivity contribution in [3.63, 3.8) is 0 Å². The number of sulfonamides is 1. The Labute approximate surface area is 169 Å². The summed E-state index contributed by atoms with van der Waals surface area (Å²) in [6, 6.07) is 5.52. The normalized spacial score (nSPS) is 12.7. The lowest BCUT2D eigenvalue weighted by Gasteiger charge is -2.27. The molecule has 1 atom stereocenters. The van der Waals surface area contributed by atoms with E-state index in [1.165, 1.54) is 24.1 Å². The van der Waals surface area contributed by atoms with E-state index in [1.54, 1.807) is 17.0 Å². The molecule has 8 heteroatoms. The Kier molecular flexibility index (Phi) is 9.10. The maximum atomic E-state index is 12.9. The molecule has 158 valence electrons. The standard InChI is InChI=1S/C20H33N3O4S/c1-7-23(8-2)19(24)14-22(6)20(25)18(13-15(3)4)21-28(26,27)17-11-9-16(5)10-12-17/h9-12,15,18,21H,7-8,13-14H2,1-6H3. The molecule has 0 bridgehead atoms. The number of nitrogens with one attached hydrogen (secondary N) is 1. The van der Waals surface area contributed by atoms with Gasteiger partial charge in [-0.1, -0.05) is 31.5 Å². The molecule has 1 rings (SSSR count). The molecule has 0 aliphatic heterocycles. The molecular weight excluding hydrogens is 378 g/mol. The predicted octanol–water partition coefficient (Wildman–Crippen LogP) is 2.01. The Hall–Kier alpha value is -1.93. The Balaban J connectivity index is 2.98. The van der Waals surface area contributed by atoms with Crippen molar-refractivity contribution in [1.82, 2.24) is 14.5 Å². The summed E-state index contributed by atoms with van der Waals surface area (Å²) in [5.41, 5.74) is 0.948. The van der Waals surface area contributed by atoms with Gasteiger partial charge in [0, 0.05) is 20.1 Å². The van der Waals surface area contributed by atoms with Crippen molar-refractivity contribution < 1.29 is 18.0 Å². The van der Waals surface area contributed by atoms with Crippen LogP contribution < -0.4 is 4.72 Å². The van der Waals surface area contributed by atoms with Crippen LogP contribution in [-0.4, -0.2) is 62.8 Å². The van der Waals surface area contributed by atoms with E-state index in [4.69, 9.17) is 0 Å². The van der Waals surface area contributed by atoms with Crippen LogP contribution in [0.3, 0.4) is 0 Å². The lowest BCUT2D eigenvalue weighted by Crippen LogP contribution is -2.50. The van der Waals surface area contributed by atoms with E-state index in [-0.39, 0.29) is 23.3 Å². The number of amides is 2. The summed E-state index contributed by atoms with van der Waals surface area (Å²) in [6.07, 6.45) is 0.341. The van der Waals surface area contributed by atoms with Gasteiger partial charge in [-0.15, -0.1) is 0 Å². The average Bonchev–Trinajstić information content (AvgIpc) is 2.61. The quantitative estimate of drug-likeness (QED) is 0.638. The van der Waals surface area contributed by atoms with E-state index in [9.17, 15) is 18.0 Å². The van der Waals surface area contributed by atoms with Gasteiger partial charge < -0.3 is 9.80 Å². The third kappa shape index (κ3) is 6.91. The first-order chi connectivity index (χ1) is 13.0. The highest BCUT2D eigenvalue weighted by Crippen LogP contribution is 2.14. The second-order valence-electron chi connectivity index (χ2n) is 7.38. The number of rotatable bonds is 10. The van der Waals surface area contributed by atoms with Crippen molar-refractivity contribution in [2.24, 2.45) is 5.92 Å². The molecule has 1 N–H and O–H groups in total. The van der Waals surface area contributed by atoms with Gasteiger partial charge in [0.15, 0.2) is 0 Å². The fourth-order valence-corrected chi connectivity index (χ4v) is 4.07. The highest BCUT2D eigenvalue weighted by Gasteiger charge is 2.29. The van der Waals surface area contributed by atoms with Gasteiger partial charge in [-0.2, -0.15) is 4.72 Å². The molecule has 28 heavy (non-hydrogen) atoms. The number of nitrogens with zero attached hydrogens (tertiary/aromatic N) is 2. The van der Waals surface area contributed by atoms with Crippen LogP contribution >= 0.6 is 0 Å². The van der Waals surface area contributed by atoms with Gasteiger partial charge in [0.25, 0.3) is 0 Å². The Morgan fingerprint density at radius 3 is 2.07 bits per heavy atom. The molecule has 0 aliphatic carbocycles. The first-order valence-electron chi connectivity index (χ1n) is 9.63. The number of carbonyl (C=O) groups excluding carboxylic acids is 2. The first kappa shape index (κ1) is 24.1. The molecule has 0 saturated heterocycles. The third-order valence-electron chi connectivity index (χ3n) is 4.50. The zero-order valence-corrected chi connectivity index (χ0v) is 18.5. The molecule has 0 saturated carbocycles. The number of aryl methyl sites for hydroxylation is 1. The van der Waals surface area contributed by atoms with Gasteiger partial charge in [-0.05, 0) is 45.2 Å². The summed E-state index contributed by atoms with van der Waals surface area (Å²) >= 11 is 0. The molecule has 0 spiro atoms. The monoisotopic (exact) mass is 411 g/mol. The minimum atomic E-state index is -3.85. The van der Waals surface area contributed by atoms with Crippen molar-refractivity contribution in [2.45, 2.75) is 52.0 Å². The van der Waals surface area contributed by atoms with Crippen LogP contribution in [0.4, 0.5) is 0 Å². The SMILES string of the molecule is CCN(CC)C(=O)CN(C)C(=O)C(CC(C)C)NS(=O)(=O)c1ccc(C)cc1. The fraction of sp³-hybridized carbons (Fsp3) is 0.600. The van der Waals surface area contributed by atoms with Gasteiger partial charge in [0.05, 0.1) is 11.4 Å². The van der Waals surface area contributed by atoms with Crippen LogP contribution in [0, 0.1) is 12.8 Å². The predicted molar refractivity (Wildman–Crippen MR) is 110 cm³/mol. The summed E-state index contributed by atoms with van der Waals surface area (Å²) in [5, 5.41) is 0. The van der Waals surface area contributed by atoms with Crippen LogP contribution in [0.2, 0.25) is 0 Å². The van der Waals surface area contributed by atoms with E-state index in [1.807, 2.05) is 34.6 Å². The van der Waals surface area contributed by atoms with E-state index in [0.29, 0.717) is 19.5 Å². The van der Waals surface area contributed by atoms with E-state index in [0.717, 1.165) is 5.56 Å². The van der Waals surface area contributed by atoms with Crippen molar-refractivity contribution in [1.29, 1.82) is 0 Å². The number of carbonyl (C=O) groups is 2. The third-order valence-corrected chi connectivity index (χ3v) is 5.99. The summed E-state index contributed by atoms with van der Waals surface area (Å²) in [7, 11) is -2.32. The van der Waals surface area contributed by atoms with Crippen LogP contribution in [0.25, 0.3) is 0 Å². The molecule has 7 nitrogen and oxygen atoms in total. The molecule has 1 aromatic rings. The molecule has 0 aromatic heterocycles. The van der Waals surface area contributed by atoms with Crippen molar-refractivity contribution in [3.05, 3.63) is 29.8 Å². The lowest BCUT2D eigenvalue weighted by atomic mass is 10.0. The molecule has 2 amide bonds. The van der Waals surface area contributed by atoms with Gasteiger partial charge >= 0.3 is 0 Å². The number of benzene rings is 1. The zero-order valence-electron chi connectivity index (χ0n) is 17.7. The van der Waals surface area contributed by atoms with E-state index in [2.05, 4.69) is 4.72 Å². The van der Waals surface area contributed by atoms with E-state index >= 15 is 0 Å². The van der Waals surface area contributed by atoms with Crippen molar-refractivity contribution in [2.75, 3.05) is 26.7 Å². The Bertz CT molecular complexity index is 756. The summed E-state index contributed by atoms with van der Waals surface area (Å²) < 4.78 is 28.0. The van der Waals surface area contributed by atoms with Crippen LogP contribution in [0.15, 0.2) is 29.2 Å². The summed E-state index contributed by atoms with van der Waals surface area (Å²) in [6.45, 7) is 10.5. The van der Waals surface area contributed by atoms with Gasteiger partial charge in [0.2, 0.25) is 21.8 Å². The minimum Gasteiger partial charge on any atom is -0.342 e. The number of likely N-dealkylation sites (N-methyl/N-ethyl adjacent to an activating group) is 2. The fourth-order valence-electron chi connectivity index (χ4n) is 2.87. The molecule has 0 radical (unpaired) electrons. The van der Waals surface area contributed by atoms with Crippen LogP contribution in [-0.2, 0) is 19.6 Å². The van der Waals surface area contributed by atoms with Gasteiger partial charge in [0.1, 0.15) is 6.04 Å². The minimum absolute atomic E-state index is 0.0820. The molecule has 0 aliphatic rings. The lowest BCUT2D eigenvalue weighted by molar-refractivity contribution is -0.140. The van der Waals surface area contributed by atoms with Gasteiger partial charge in [-0.3, -0.25) is 9.59 Å². The van der Waals surface area contributed by atoms with E-state index < -0.39 is 22.0 Å². The Morgan fingerprint density at radius 1 is 1.07 bits per heavy atom. The molecule has 0 fully saturated rings. The van der Waals surface area contributed by atoms with Crippen LogP contribution in [0.5, 0.6) is 0 Å². The number of hydrogen-bond acceptors (Lipinski definition) is 4. The summed E-state index contributed by atoms with van der Waals surface area (Å²) in [5.74, 6) is -0.475. The maximum Gasteiger partial charge on any atom is 0.242 e. The zero-order chi connectivity index (χ0) is 21.5. The second kappa shape index (κ2) is 10.6. The van der Waals surface area contributed by atoms with Gasteiger partial charge in [-0.25, -0.2) is 8.42 Å². The summed E-state index contributed by atoms with van der Waals surface area (Å²) in [4.78, 5) is 28.2. The largest absolute Gasteiger partial charge is 0.342 e. The molecule has 0 heterocycles. The van der Waals surface area contributed by atoms with Crippen LogP contribution in [0.1, 0.15) is 39.7 Å². The maximum absolute atomic E-state index is 12.9. The molecular formula is C20H33N3O4S. The first-order valence-corrected chi connectivity index (χ1v) is 11.1. The highest BCUT2D eigenvalue weighted by molar-refractivity contribution is 7.89. The molecule has 1 unspecified atom stereocenters. The smallest absolute Gasteiger partial charge is 0.242 e. The highest BCUT2D eigenvalue weighted by atomic mass is 32.2. The average molecular weight is 412 g/mol. The topological polar surface area (TPSA) is 86.8 Å². The molecule has 1 aromatic carbocycles. The Morgan fingerprint density at radius 2 is 1.61 bits per heavy atom. The van der Waals surface area contributed by atoms with Crippen molar-refractivity contribution in [3.8, 4) is 0 Å².